The molecule has 0 aliphatic carbocycles. The Kier molecular flexibility index (Phi) is 6.61. The fourth-order valence-corrected chi connectivity index (χ4v) is 3.21. The molecule has 0 spiro atoms. The van der Waals surface area contributed by atoms with E-state index in [-0.39, 0.29) is 5.54 Å². The van der Waals surface area contributed by atoms with E-state index in [1.807, 2.05) is 0 Å². The third-order valence-electron chi connectivity index (χ3n) is 4.95. The standard InChI is InChI=1S/C15H33N3/c1-5-13(6-2)12-14(17-16)15(3,4)18-10-8-7-9-11-18/h13-14,17H,5-12,16H2,1-4H3. The van der Waals surface area contributed by atoms with E-state index in [1.165, 1.54) is 51.6 Å². The number of rotatable bonds is 7. The van der Waals surface area contributed by atoms with Gasteiger partial charge in [-0.3, -0.25) is 16.2 Å². The Morgan fingerprint density at radius 2 is 1.67 bits per heavy atom. The molecule has 1 rings (SSSR count). The van der Waals surface area contributed by atoms with Crippen LogP contribution in [0, 0.1) is 5.92 Å². The molecule has 0 aromatic rings. The van der Waals surface area contributed by atoms with Crippen molar-refractivity contribution in [3.05, 3.63) is 0 Å². The van der Waals surface area contributed by atoms with Gasteiger partial charge in [0.1, 0.15) is 0 Å². The summed E-state index contributed by atoms with van der Waals surface area (Å²) in [5.41, 5.74) is 3.26. The molecule has 1 fully saturated rings. The molecule has 1 saturated heterocycles. The average molecular weight is 255 g/mol. The zero-order valence-corrected chi connectivity index (χ0v) is 12.8. The van der Waals surface area contributed by atoms with Crippen LogP contribution in [0.1, 0.15) is 66.2 Å². The van der Waals surface area contributed by atoms with Crippen molar-refractivity contribution in [2.75, 3.05) is 13.1 Å². The zero-order valence-electron chi connectivity index (χ0n) is 12.8. The van der Waals surface area contributed by atoms with Crippen molar-refractivity contribution in [1.82, 2.24) is 10.3 Å². The van der Waals surface area contributed by atoms with Gasteiger partial charge in [-0.05, 0) is 52.1 Å². The monoisotopic (exact) mass is 255 g/mol. The summed E-state index contributed by atoms with van der Waals surface area (Å²) in [7, 11) is 0. The van der Waals surface area contributed by atoms with Gasteiger partial charge >= 0.3 is 0 Å². The largest absolute Gasteiger partial charge is 0.297 e. The van der Waals surface area contributed by atoms with Gasteiger partial charge in [0.2, 0.25) is 0 Å². The van der Waals surface area contributed by atoms with Crippen molar-refractivity contribution in [1.29, 1.82) is 0 Å². The van der Waals surface area contributed by atoms with Crippen molar-refractivity contribution in [3.63, 3.8) is 0 Å². The highest BCUT2D eigenvalue weighted by molar-refractivity contribution is 4.94. The minimum atomic E-state index is 0.164. The number of hydrogen-bond acceptors (Lipinski definition) is 3. The van der Waals surface area contributed by atoms with E-state index in [1.54, 1.807) is 0 Å². The summed E-state index contributed by atoms with van der Waals surface area (Å²) < 4.78 is 0. The van der Waals surface area contributed by atoms with E-state index >= 15 is 0 Å². The van der Waals surface area contributed by atoms with Gasteiger partial charge in [-0.2, -0.15) is 0 Å². The van der Waals surface area contributed by atoms with Gasteiger partial charge in [-0.25, -0.2) is 0 Å². The number of nitrogens with one attached hydrogen (secondary N) is 1. The molecule has 0 saturated carbocycles. The summed E-state index contributed by atoms with van der Waals surface area (Å²) in [6.07, 6.45) is 7.76. The van der Waals surface area contributed by atoms with E-state index in [0.29, 0.717) is 6.04 Å². The fraction of sp³-hybridized carbons (Fsp3) is 1.00. The summed E-state index contributed by atoms with van der Waals surface area (Å²) in [4.78, 5) is 2.63. The van der Waals surface area contributed by atoms with Crippen molar-refractivity contribution in [2.45, 2.75) is 77.8 Å². The van der Waals surface area contributed by atoms with E-state index in [9.17, 15) is 0 Å². The van der Waals surface area contributed by atoms with Crippen LogP contribution in [0.2, 0.25) is 0 Å². The van der Waals surface area contributed by atoms with Crippen molar-refractivity contribution < 1.29 is 0 Å². The van der Waals surface area contributed by atoms with Gasteiger partial charge in [0.15, 0.2) is 0 Å². The minimum absolute atomic E-state index is 0.164. The topological polar surface area (TPSA) is 41.3 Å². The average Bonchev–Trinajstić information content (AvgIpc) is 2.41. The van der Waals surface area contributed by atoms with Crippen LogP contribution >= 0.6 is 0 Å². The van der Waals surface area contributed by atoms with E-state index in [0.717, 1.165) is 5.92 Å². The Morgan fingerprint density at radius 1 is 1.11 bits per heavy atom. The molecule has 18 heavy (non-hydrogen) atoms. The second kappa shape index (κ2) is 7.46. The highest BCUT2D eigenvalue weighted by Crippen LogP contribution is 2.28. The third-order valence-corrected chi connectivity index (χ3v) is 4.95. The summed E-state index contributed by atoms with van der Waals surface area (Å²) in [5, 5.41) is 0. The van der Waals surface area contributed by atoms with Crippen molar-refractivity contribution >= 4 is 0 Å². The predicted octanol–water partition coefficient (Wildman–Crippen LogP) is 2.91. The Hall–Kier alpha value is -0.120. The van der Waals surface area contributed by atoms with Crippen LogP contribution in [0.25, 0.3) is 0 Å². The van der Waals surface area contributed by atoms with Gasteiger partial charge < -0.3 is 0 Å². The maximum atomic E-state index is 5.85. The van der Waals surface area contributed by atoms with E-state index in [4.69, 9.17) is 5.84 Å². The maximum Gasteiger partial charge on any atom is 0.0392 e. The SMILES string of the molecule is CCC(CC)CC(NN)C(C)(C)N1CCCCC1. The molecule has 3 N–H and O–H groups in total. The molecule has 1 heterocycles. The molecular formula is C15H33N3. The third kappa shape index (κ3) is 3.94. The van der Waals surface area contributed by atoms with Crippen LogP contribution in [0.5, 0.6) is 0 Å². The first-order valence-corrected chi connectivity index (χ1v) is 7.77. The molecular weight excluding hydrogens is 222 g/mol. The summed E-state index contributed by atoms with van der Waals surface area (Å²) >= 11 is 0. The van der Waals surface area contributed by atoms with E-state index in [2.05, 4.69) is 38.0 Å². The summed E-state index contributed by atoms with van der Waals surface area (Å²) in [6, 6.07) is 0.389. The normalized spacial score (nSPS) is 20.3. The first-order chi connectivity index (χ1) is 8.56. The van der Waals surface area contributed by atoms with Crippen LogP contribution in [-0.2, 0) is 0 Å². The molecule has 0 radical (unpaired) electrons. The first kappa shape index (κ1) is 15.9. The lowest BCUT2D eigenvalue weighted by Gasteiger charge is -2.46. The van der Waals surface area contributed by atoms with Gasteiger partial charge in [-0.1, -0.05) is 33.1 Å². The second-order valence-corrected chi connectivity index (χ2v) is 6.34. The van der Waals surface area contributed by atoms with Gasteiger partial charge in [-0.15, -0.1) is 0 Å². The Morgan fingerprint density at radius 3 is 2.11 bits per heavy atom. The fourth-order valence-electron chi connectivity index (χ4n) is 3.21. The smallest absolute Gasteiger partial charge is 0.0392 e. The molecule has 108 valence electrons. The quantitative estimate of drug-likeness (QED) is 0.543. The molecule has 0 amide bonds. The maximum absolute atomic E-state index is 5.85. The Bertz CT molecular complexity index is 218. The van der Waals surface area contributed by atoms with Crippen LogP contribution in [0.3, 0.4) is 0 Å². The van der Waals surface area contributed by atoms with Crippen LogP contribution in [-0.4, -0.2) is 29.6 Å². The first-order valence-electron chi connectivity index (χ1n) is 7.77. The van der Waals surface area contributed by atoms with Crippen LogP contribution in [0.4, 0.5) is 0 Å². The molecule has 1 aliphatic heterocycles. The molecule has 3 heteroatoms. The van der Waals surface area contributed by atoms with Gasteiger partial charge in [0.25, 0.3) is 0 Å². The highest BCUT2D eigenvalue weighted by atomic mass is 15.3. The zero-order chi connectivity index (χ0) is 13.6. The number of nitrogens with zero attached hydrogens (tertiary/aromatic N) is 1. The molecule has 0 bridgehead atoms. The second-order valence-electron chi connectivity index (χ2n) is 6.34. The summed E-state index contributed by atoms with van der Waals surface area (Å²) in [5.74, 6) is 6.63. The van der Waals surface area contributed by atoms with Crippen LogP contribution in [0.15, 0.2) is 0 Å². The highest BCUT2D eigenvalue weighted by Gasteiger charge is 2.36. The lowest BCUT2D eigenvalue weighted by Crippen LogP contribution is -2.60. The Balaban J connectivity index is 2.65. The minimum Gasteiger partial charge on any atom is -0.297 e. The number of piperidine rings is 1. The van der Waals surface area contributed by atoms with Crippen molar-refractivity contribution in [3.8, 4) is 0 Å². The predicted molar refractivity (Wildman–Crippen MR) is 79.3 cm³/mol. The molecule has 1 aliphatic rings. The molecule has 0 aromatic heterocycles. The number of hydrazine groups is 1. The van der Waals surface area contributed by atoms with Gasteiger partial charge in [0.05, 0.1) is 0 Å². The Labute approximate surface area is 113 Å². The van der Waals surface area contributed by atoms with Gasteiger partial charge in [0, 0.05) is 11.6 Å². The number of likely N-dealkylation sites (tertiary alicyclic amines) is 1. The molecule has 0 aromatic carbocycles. The van der Waals surface area contributed by atoms with E-state index < -0.39 is 0 Å². The van der Waals surface area contributed by atoms with Crippen molar-refractivity contribution in [2.24, 2.45) is 11.8 Å². The molecule has 3 nitrogen and oxygen atoms in total. The number of nitrogens with two attached hydrogens (primary N) is 1. The molecule has 1 atom stereocenters. The lowest BCUT2D eigenvalue weighted by molar-refractivity contribution is 0.0519. The number of hydrogen-bond donors (Lipinski definition) is 2. The molecule has 1 unspecified atom stereocenters. The van der Waals surface area contributed by atoms with Crippen LogP contribution < -0.4 is 11.3 Å². The lowest BCUT2D eigenvalue weighted by atomic mass is 9.83. The summed E-state index contributed by atoms with van der Waals surface area (Å²) in [6.45, 7) is 11.7.